The van der Waals surface area contributed by atoms with E-state index in [1.165, 1.54) is 6.42 Å². The fourth-order valence-corrected chi connectivity index (χ4v) is 3.41. The lowest BCUT2D eigenvalue weighted by atomic mass is 9.75. The number of nitrogens with zero attached hydrogens (tertiary/aromatic N) is 1. The topological polar surface area (TPSA) is 52.6 Å². The Kier molecular flexibility index (Phi) is 4.05. The summed E-state index contributed by atoms with van der Waals surface area (Å²) < 4.78 is 0. The highest BCUT2D eigenvalue weighted by Gasteiger charge is 2.46. The first-order chi connectivity index (χ1) is 8.15. The maximum absolute atomic E-state index is 11.8. The summed E-state index contributed by atoms with van der Waals surface area (Å²) in [4.78, 5) is 14.0. The maximum Gasteiger partial charge on any atom is 0.324 e. The van der Waals surface area contributed by atoms with Crippen molar-refractivity contribution >= 4 is 5.97 Å². The second-order valence-corrected chi connectivity index (χ2v) is 5.63. The molecule has 0 bridgehead atoms. The van der Waals surface area contributed by atoms with Gasteiger partial charge < -0.3 is 10.4 Å². The van der Waals surface area contributed by atoms with Crippen LogP contribution in [0.25, 0.3) is 0 Å². The molecule has 0 aromatic rings. The molecule has 0 aromatic heterocycles. The molecule has 1 saturated heterocycles. The molecule has 2 fully saturated rings. The van der Waals surface area contributed by atoms with Crippen molar-refractivity contribution in [1.82, 2.24) is 10.2 Å². The zero-order chi connectivity index (χ0) is 12.3. The van der Waals surface area contributed by atoms with E-state index in [0.29, 0.717) is 5.92 Å². The molecule has 0 radical (unpaired) electrons. The van der Waals surface area contributed by atoms with E-state index in [-0.39, 0.29) is 0 Å². The zero-order valence-electron chi connectivity index (χ0n) is 10.7. The van der Waals surface area contributed by atoms with Crippen LogP contribution < -0.4 is 5.32 Å². The lowest BCUT2D eigenvalue weighted by molar-refractivity contribution is -0.155. The van der Waals surface area contributed by atoms with E-state index < -0.39 is 11.5 Å². The monoisotopic (exact) mass is 240 g/mol. The Labute approximate surface area is 103 Å². The summed E-state index contributed by atoms with van der Waals surface area (Å²) in [7, 11) is 0. The van der Waals surface area contributed by atoms with Crippen molar-refractivity contribution in [3.8, 4) is 0 Å². The average molecular weight is 240 g/mol. The average Bonchev–Trinajstić information content (AvgIpc) is 2.57. The fraction of sp³-hybridized carbons (Fsp3) is 0.923. The summed E-state index contributed by atoms with van der Waals surface area (Å²) >= 11 is 0. The summed E-state index contributed by atoms with van der Waals surface area (Å²) in [5, 5.41) is 13.0. The van der Waals surface area contributed by atoms with Crippen molar-refractivity contribution in [3.05, 3.63) is 0 Å². The number of carbonyl (C=O) groups is 1. The third-order valence-corrected chi connectivity index (χ3v) is 4.32. The van der Waals surface area contributed by atoms with Gasteiger partial charge in [-0.3, -0.25) is 9.69 Å². The van der Waals surface area contributed by atoms with E-state index in [9.17, 15) is 9.90 Å². The predicted octanol–water partition coefficient (Wildman–Crippen LogP) is 1.32. The van der Waals surface area contributed by atoms with Crippen LogP contribution in [0.2, 0.25) is 0 Å². The van der Waals surface area contributed by atoms with E-state index in [1.807, 2.05) is 0 Å². The third kappa shape index (κ3) is 2.63. The van der Waals surface area contributed by atoms with Crippen LogP contribution in [0.1, 0.15) is 39.0 Å². The van der Waals surface area contributed by atoms with Crippen LogP contribution in [-0.4, -0.2) is 47.7 Å². The first-order valence-electron chi connectivity index (χ1n) is 6.84. The molecular weight excluding hydrogens is 216 g/mol. The molecule has 2 unspecified atom stereocenters. The van der Waals surface area contributed by atoms with E-state index >= 15 is 0 Å². The van der Waals surface area contributed by atoms with E-state index in [0.717, 1.165) is 51.9 Å². The highest BCUT2D eigenvalue weighted by Crippen LogP contribution is 2.37. The van der Waals surface area contributed by atoms with Gasteiger partial charge >= 0.3 is 5.97 Å². The lowest BCUT2D eigenvalue weighted by Crippen LogP contribution is -2.57. The van der Waals surface area contributed by atoms with Crippen molar-refractivity contribution in [2.45, 2.75) is 44.6 Å². The third-order valence-electron chi connectivity index (χ3n) is 4.32. The molecule has 4 heteroatoms. The Morgan fingerprint density at radius 2 is 2.18 bits per heavy atom. The Hall–Kier alpha value is -0.610. The Balaban J connectivity index is 2.16. The van der Waals surface area contributed by atoms with Gasteiger partial charge in [-0.05, 0) is 31.7 Å². The first kappa shape index (κ1) is 12.8. The number of aliphatic carboxylic acids is 1. The van der Waals surface area contributed by atoms with Gasteiger partial charge in [-0.25, -0.2) is 0 Å². The van der Waals surface area contributed by atoms with Crippen LogP contribution in [0.5, 0.6) is 0 Å². The van der Waals surface area contributed by atoms with E-state index in [1.54, 1.807) is 0 Å². The van der Waals surface area contributed by atoms with Crippen LogP contribution >= 0.6 is 0 Å². The van der Waals surface area contributed by atoms with Crippen molar-refractivity contribution in [1.29, 1.82) is 0 Å². The molecule has 2 rings (SSSR count). The second kappa shape index (κ2) is 5.36. The number of nitrogens with one attached hydrogen (secondary N) is 1. The molecule has 1 saturated carbocycles. The molecule has 2 N–H and O–H groups in total. The Bertz CT molecular complexity index is 275. The van der Waals surface area contributed by atoms with Crippen molar-refractivity contribution in [2.24, 2.45) is 5.92 Å². The van der Waals surface area contributed by atoms with Gasteiger partial charge in [-0.15, -0.1) is 0 Å². The van der Waals surface area contributed by atoms with Gasteiger partial charge in [0.25, 0.3) is 0 Å². The molecule has 1 aliphatic heterocycles. The first-order valence-corrected chi connectivity index (χ1v) is 6.84. The van der Waals surface area contributed by atoms with Gasteiger partial charge in [-0.1, -0.05) is 19.8 Å². The molecule has 1 aliphatic carbocycles. The minimum atomic E-state index is -0.606. The van der Waals surface area contributed by atoms with Gasteiger partial charge in [0, 0.05) is 19.6 Å². The van der Waals surface area contributed by atoms with Crippen LogP contribution in [0, 0.1) is 5.92 Å². The molecule has 17 heavy (non-hydrogen) atoms. The summed E-state index contributed by atoms with van der Waals surface area (Å²) in [6.07, 6.45) is 4.94. The predicted molar refractivity (Wildman–Crippen MR) is 67.1 cm³/mol. The van der Waals surface area contributed by atoms with Gasteiger partial charge in [0.1, 0.15) is 5.54 Å². The highest BCUT2D eigenvalue weighted by molar-refractivity contribution is 5.79. The standard InChI is InChI=1S/C13H24N2O2/c1-11-4-2-5-13(10-11,12(16)17)15-8-3-6-14-7-9-15/h11,14H,2-10H2,1H3,(H,16,17). The van der Waals surface area contributed by atoms with Gasteiger partial charge in [0.05, 0.1) is 0 Å². The van der Waals surface area contributed by atoms with Crippen LogP contribution in [0.3, 0.4) is 0 Å². The molecule has 0 spiro atoms. The number of hydrogen-bond donors (Lipinski definition) is 2. The number of carboxylic acids is 1. The minimum absolute atomic E-state index is 0.538. The Morgan fingerprint density at radius 3 is 2.88 bits per heavy atom. The van der Waals surface area contributed by atoms with Crippen molar-refractivity contribution in [3.63, 3.8) is 0 Å². The van der Waals surface area contributed by atoms with Crippen LogP contribution in [0.15, 0.2) is 0 Å². The number of carboxylic acid groups (broad SMARTS) is 1. The van der Waals surface area contributed by atoms with Gasteiger partial charge in [0.2, 0.25) is 0 Å². The normalized spacial score (nSPS) is 36.4. The summed E-state index contributed by atoms with van der Waals surface area (Å²) in [6, 6.07) is 0. The molecule has 4 nitrogen and oxygen atoms in total. The lowest BCUT2D eigenvalue weighted by Gasteiger charge is -2.44. The van der Waals surface area contributed by atoms with E-state index in [4.69, 9.17) is 0 Å². The second-order valence-electron chi connectivity index (χ2n) is 5.63. The van der Waals surface area contributed by atoms with Crippen LogP contribution in [0.4, 0.5) is 0 Å². The summed E-state index contributed by atoms with van der Waals surface area (Å²) in [5.41, 5.74) is -0.580. The molecule has 98 valence electrons. The van der Waals surface area contributed by atoms with Crippen LogP contribution in [-0.2, 0) is 4.79 Å². The zero-order valence-corrected chi connectivity index (χ0v) is 10.7. The smallest absolute Gasteiger partial charge is 0.324 e. The quantitative estimate of drug-likeness (QED) is 0.764. The SMILES string of the molecule is CC1CCCC(C(=O)O)(N2CCCNCC2)C1. The highest BCUT2D eigenvalue weighted by atomic mass is 16.4. The van der Waals surface area contributed by atoms with E-state index in [2.05, 4.69) is 17.1 Å². The summed E-state index contributed by atoms with van der Waals surface area (Å²) in [6.45, 7) is 5.92. The van der Waals surface area contributed by atoms with Crippen molar-refractivity contribution in [2.75, 3.05) is 26.2 Å². The maximum atomic E-state index is 11.8. The largest absolute Gasteiger partial charge is 0.480 e. The minimum Gasteiger partial charge on any atom is -0.480 e. The number of rotatable bonds is 2. The molecule has 0 aromatic carbocycles. The molecule has 2 aliphatic rings. The number of hydrogen-bond acceptors (Lipinski definition) is 3. The summed E-state index contributed by atoms with van der Waals surface area (Å²) in [5.74, 6) is -0.0676. The molecule has 1 heterocycles. The molecular formula is C13H24N2O2. The van der Waals surface area contributed by atoms with Gasteiger partial charge in [-0.2, -0.15) is 0 Å². The molecule has 2 atom stereocenters. The van der Waals surface area contributed by atoms with Gasteiger partial charge in [0.15, 0.2) is 0 Å². The Morgan fingerprint density at radius 1 is 1.35 bits per heavy atom. The fourth-order valence-electron chi connectivity index (χ4n) is 3.41. The van der Waals surface area contributed by atoms with Crippen molar-refractivity contribution < 1.29 is 9.90 Å². The molecule has 0 amide bonds.